The van der Waals surface area contributed by atoms with E-state index in [1.165, 1.54) is 25.9 Å². The first-order valence-electron chi connectivity index (χ1n) is 8.32. The highest BCUT2D eigenvalue weighted by atomic mass is 15.3. The Bertz CT molecular complexity index is 347. The zero-order chi connectivity index (χ0) is 14.6. The molecule has 0 spiro atoms. The van der Waals surface area contributed by atoms with Gasteiger partial charge in [0, 0.05) is 25.2 Å². The van der Waals surface area contributed by atoms with Crippen molar-refractivity contribution >= 4 is 0 Å². The highest BCUT2D eigenvalue weighted by Crippen LogP contribution is 2.34. The highest BCUT2D eigenvalue weighted by molar-refractivity contribution is 5.13. The lowest BCUT2D eigenvalue weighted by atomic mass is 9.99. The molecule has 114 valence electrons. The van der Waals surface area contributed by atoms with Gasteiger partial charge in [-0.25, -0.2) is 0 Å². The molecule has 1 N–H and O–H groups in total. The van der Waals surface area contributed by atoms with Gasteiger partial charge in [0.2, 0.25) is 0 Å². The topological polar surface area (TPSA) is 42.3 Å². The Kier molecular flexibility index (Phi) is 5.42. The molecule has 4 heteroatoms. The van der Waals surface area contributed by atoms with Gasteiger partial charge in [0.1, 0.15) is 5.54 Å². The van der Waals surface area contributed by atoms with Gasteiger partial charge >= 0.3 is 0 Å². The van der Waals surface area contributed by atoms with Crippen LogP contribution in [-0.2, 0) is 0 Å². The second-order valence-corrected chi connectivity index (χ2v) is 6.28. The molecular formula is C16H30N4. The fourth-order valence-electron chi connectivity index (χ4n) is 4.11. The van der Waals surface area contributed by atoms with Crippen molar-refractivity contribution in [3.63, 3.8) is 0 Å². The Morgan fingerprint density at radius 2 is 2.05 bits per heavy atom. The molecule has 0 aromatic carbocycles. The maximum atomic E-state index is 9.49. The highest BCUT2D eigenvalue weighted by Gasteiger charge is 2.42. The summed E-state index contributed by atoms with van der Waals surface area (Å²) >= 11 is 0. The van der Waals surface area contributed by atoms with Crippen LogP contribution in [0.1, 0.15) is 46.5 Å². The van der Waals surface area contributed by atoms with Crippen molar-refractivity contribution in [1.82, 2.24) is 15.1 Å². The summed E-state index contributed by atoms with van der Waals surface area (Å²) in [6, 6.07) is 3.87. The Balaban J connectivity index is 1.90. The van der Waals surface area contributed by atoms with Crippen LogP contribution in [0.5, 0.6) is 0 Å². The lowest BCUT2D eigenvalue weighted by Crippen LogP contribution is -2.44. The molecule has 1 aliphatic heterocycles. The average molecular weight is 278 g/mol. The normalized spacial score (nSPS) is 34.8. The molecule has 2 rings (SSSR count). The number of nitriles is 1. The summed E-state index contributed by atoms with van der Waals surface area (Å²) < 4.78 is 0. The minimum Gasteiger partial charge on any atom is -0.300 e. The average Bonchev–Trinajstić information content (AvgIpc) is 3.08. The van der Waals surface area contributed by atoms with Crippen molar-refractivity contribution in [2.45, 2.75) is 64.1 Å². The van der Waals surface area contributed by atoms with E-state index in [2.05, 4.69) is 42.0 Å². The van der Waals surface area contributed by atoms with Gasteiger partial charge in [-0.15, -0.1) is 0 Å². The largest absolute Gasteiger partial charge is 0.300 e. The van der Waals surface area contributed by atoms with Crippen molar-refractivity contribution in [3.8, 4) is 6.07 Å². The van der Waals surface area contributed by atoms with Crippen molar-refractivity contribution < 1.29 is 0 Å². The number of hydrogen-bond acceptors (Lipinski definition) is 4. The van der Waals surface area contributed by atoms with Crippen molar-refractivity contribution in [2.75, 3.05) is 32.7 Å². The molecule has 0 aromatic heterocycles. The fraction of sp³-hybridized carbons (Fsp3) is 0.938. The molecule has 1 aliphatic carbocycles. The first kappa shape index (κ1) is 15.8. The second kappa shape index (κ2) is 6.89. The Labute approximate surface area is 124 Å². The van der Waals surface area contributed by atoms with Gasteiger partial charge in [-0.1, -0.05) is 20.8 Å². The summed E-state index contributed by atoms with van der Waals surface area (Å²) in [6.07, 6.45) is 4.47. The van der Waals surface area contributed by atoms with E-state index >= 15 is 0 Å². The molecule has 3 unspecified atom stereocenters. The number of rotatable bonds is 6. The third-order valence-electron chi connectivity index (χ3n) is 5.26. The van der Waals surface area contributed by atoms with Gasteiger partial charge in [-0.3, -0.25) is 15.1 Å². The SMILES string of the molecule is CCNC1(C#N)CCC(N2CCC(N(CC)CC)C2)C1. The molecule has 20 heavy (non-hydrogen) atoms. The van der Waals surface area contributed by atoms with E-state index in [0.29, 0.717) is 6.04 Å². The van der Waals surface area contributed by atoms with E-state index in [0.717, 1.165) is 38.5 Å². The third kappa shape index (κ3) is 3.16. The van der Waals surface area contributed by atoms with Crippen LogP contribution in [0.2, 0.25) is 0 Å². The Morgan fingerprint density at radius 1 is 1.30 bits per heavy atom. The van der Waals surface area contributed by atoms with Gasteiger partial charge in [0.05, 0.1) is 6.07 Å². The lowest BCUT2D eigenvalue weighted by molar-refractivity contribution is 0.185. The van der Waals surface area contributed by atoms with E-state index in [9.17, 15) is 5.26 Å². The van der Waals surface area contributed by atoms with Gasteiger partial charge in [-0.2, -0.15) is 5.26 Å². The zero-order valence-corrected chi connectivity index (χ0v) is 13.4. The summed E-state index contributed by atoms with van der Waals surface area (Å²) in [4.78, 5) is 5.22. The van der Waals surface area contributed by atoms with Crippen LogP contribution in [0, 0.1) is 11.3 Å². The van der Waals surface area contributed by atoms with Gasteiger partial charge in [-0.05, 0) is 45.3 Å². The van der Waals surface area contributed by atoms with Crippen molar-refractivity contribution in [2.24, 2.45) is 0 Å². The van der Waals surface area contributed by atoms with E-state index < -0.39 is 0 Å². The number of hydrogen-bond donors (Lipinski definition) is 1. The fourth-order valence-corrected chi connectivity index (χ4v) is 4.11. The Hall–Kier alpha value is -0.630. The van der Waals surface area contributed by atoms with Crippen LogP contribution >= 0.6 is 0 Å². The Morgan fingerprint density at radius 3 is 2.65 bits per heavy atom. The summed E-state index contributed by atoms with van der Waals surface area (Å²) in [5.74, 6) is 0. The molecule has 2 fully saturated rings. The number of likely N-dealkylation sites (tertiary alicyclic amines) is 1. The maximum Gasteiger partial charge on any atom is 0.108 e. The molecule has 0 bridgehead atoms. The molecular weight excluding hydrogens is 248 g/mol. The molecule has 4 nitrogen and oxygen atoms in total. The standard InChI is InChI=1S/C16H30N4/c1-4-18-16(13-17)9-7-14(11-16)20-10-8-15(12-20)19(5-2)6-3/h14-15,18H,4-12H2,1-3H3. The van der Waals surface area contributed by atoms with Gasteiger partial charge < -0.3 is 0 Å². The van der Waals surface area contributed by atoms with E-state index in [-0.39, 0.29) is 5.54 Å². The molecule has 0 amide bonds. The first-order valence-corrected chi connectivity index (χ1v) is 8.32. The molecule has 1 saturated carbocycles. The maximum absolute atomic E-state index is 9.49. The number of nitrogens with zero attached hydrogens (tertiary/aromatic N) is 3. The third-order valence-corrected chi connectivity index (χ3v) is 5.26. The molecule has 1 heterocycles. The van der Waals surface area contributed by atoms with Gasteiger partial charge in [0.25, 0.3) is 0 Å². The molecule has 3 atom stereocenters. The van der Waals surface area contributed by atoms with E-state index in [1.807, 2.05) is 0 Å². The molecule has 0 aromatic rings. The number of nitrogens with one attached hydrogen (secondary N) is 1. The molecule has 0 radical (unpaired) electrons. The van der Waals surface area contributed by atoms with E-state index in [1.54, 1.807) is 0 Å². The lowest BCUT2D eigenvalue weighted by Gasteiger charge is -2.29. The molecule has 1 saturated heterocycles. The summed E-state index contributed by atoms with van der Waals surface area (Å²) in [5, 5.41) is 12.9. The van der Waals surface area contributed by atoms with Crippen molar-refractivity contribution in [3.05, 3.63) is 0 Å². The summed E-state index contributed by atoms with van der Waals surface area (Å²) in [6.45, 7) is 12.2. The van der Waals surface area contributed by atoms with Gasteiger partial charge in [0.15, 0.2) is 0 Å². The van der Waals surface area contributed by atoms with Crippen LogP contribution in [0.25, 0.3) is 0 Å². The zero-order valence-electron chi connectivity index (χ0n) is 13.4. The quantitative estimate of drug-likeness (QED) is 0.805. The van der Waals surface area contributed by atoms with Crippen LogP contribution in [0.15, 0.2) is 0 Å². The molecule has 2 aliphatic rings. The summed E-state index contributed by atoms with van der Waals surface area (Å²) in [5.41, 5.74) is -0.257. The minimum absolute atomic E-state index is 0.257. The first-order chi connectivity index (χ1) is 9.68. The van der Waals surface area contributed by atoms with E-state index in [4.69, 9.17) is 0 Å². The van der Waals surface area contributed by atoms with Crippen LogP contribution in [0.4, 0.5) is 0 Å². The number of likely N-dealkylation sites (N-methyl/N-ethyl adjacent to an activating group) is 1. The second-order valence-electron chi connectivity index (χ2n) is 6.28. The monoisotopic (exact) mass is 278 g/mol. The van der Waals surface area contributed by atoms with Crippen LogP contribution < -0.4 is 5.32 Å². The van der Waals surface area contributed by atoms with Crippen LogP contribution in [-0.4, -0.2) is 60.1 Å². The smallest absolute Gasteiger partial charge is 0.108 e. The van der Waals surface area contributed by atoms with Crippen molar-refractivity contribution in [1.29, 1.82) is 5.26 Å². The predicted octanol–water partition coefficient (Wildman–Crippen LogP) is 1.83. The predicted molar refractivity (Wildman–Crippen MR) is 82.6 cm³/mol. The summed E-state index contributed by atoms with van der Waals surface area (Å²) in [7, 11) is 0. The minimum atomic E-state index is -0.257. The van der Waals surface area contributed by atoms with Crippen LogP contribution in [0.3, 0.4) is 0 Å².